The van der Waals surface area contributed by atoms with Crippen LogP contribution in [0, 0.1) is 13.8 Å². The van der Waals surface area contributed by atoms with Crippen molar-refractivity contribution in [3.8, 4) is 5.75 Å². The summed E-state index contributed by atoms with van der Waals surface area (Å²) in [6.45, 7) is 5.40. The molecule has 1 atom stereocenters. The van der Waals surface area contributed by atoms with Gasteiger partial charge in [-0.05, 0) is 63.8 Å². The number of phenols is 1. The van der Waals surface area contributed by atoms with Crippen molar-refractivity contribution in [1.29, 1.82) is 0 Å². The zero-order valence-electron chi connectivity index (χ0n) is 16.9. The summed E-state index contributed by atoms with van der Waals surface area (Å²) in [6.07, 6.45) is 3.97. The number of aryl methyl sites for hydroxylation is 3. The van der Waals surface area contributed by atoms with Crippen molar-refractivity contribution in [2.24, 2.45) is 0 Å². The molecule has 2 heterocycles. The van der Waals surface area contributed by atoms with Gasteiger partial charge in [-0.3, -0.25) is 9.58 Å². The number of sulfone groups is 1. The maximum atomic E-state index is 11.8. The number of nitrogens with zero attached hydrogens (tertiary/aromatic N) is 3. The summed E-state index contributed by atoms with van der Waals surface area (Å²) in [6, 6.07) is 4.03. The van der Waals surface area contributed by atoms with Crippen molar-refractivity contribution in [3.63, 3.8) is 0 Å². The normalized spacial score (nSPS) is 20.8. The number of fused-ring (bicyclic) bond motifs is 1. The highest BCUT2D eigenvalue weighted by Crippen LogP contribution is 2.31. The standard InChI is InChI=1S/C21H29N3O3S/c1-14-20(15(2)24(22-14)19-7-8-28(26,27)13-19)12-23(3)11-18-9-16-5-4-6-17(16)10-21(18)25/h9-10,19,25H,4-8,11-13H2,1-3H3/t19-/m1/s1. The van der Waals surface area contributed by atoms with Crippen LogP contribution in [-0.4, -0.2) is 46.8 Å². The Balaban J connectivity index is 1.50. The Morgan fingerprint density at radius 1 is 1.21 bits per heavy atom. The lowest BCUT2D eigenvalue weighted by Gasteiger charge is -2.19. The van der Waals surface area contributed by atoms with Gasteiger partial charge in [0.1, 0.15) is 5.75 Å². The number of aromatic nitrogens is 2. The summed E-state index contributed by atoms with van der Waals surface area (Å²) in [4.78, 5) is 2.18. The van der Waals surface area contributed by atoms with Crippen molar-refractivity contribution >= 4 is 9.84 Å². The molecule has 1 aliphatic carbocycles. The van der Waals surface area contributed by atoms with Gasteiger partial charge >= 0.3 is 0 Å². The van der Waals surface area contributed by atoms with Crippen molar-refractivity contribution in [2.75, 3.05) is 18.6 Å². The monoisotopic (exact) mass is 403 g/mol. The van der Waals surface area contributed by atoms with Gasteiger partial charge in [0.15, 0.2) is 9.84 Å². The van der Waals surface area contributed by atoms with E-state index in [2.05, 4.69) is 16.1 Å². The van der Waals surface area contributed by atoms with Gasteiger partial charge < -0.3 is 5.11 Å². The fourth-order valence-electron chi connectivity index (χ4n) is 4.66. The third kappa shape index (κ3) is 3.70. The van der Waals surface area contributed by atoms with Crippen molar-refractivity contribution in [3.05, 3.63) is 45.8 Å². The van der Waals surface area contributed by atoms with Crippen LogP contribution in [-0.2, 0) is 35.8 Å². The molecule has 2 aliphatic rings. The second kappa shape index (κ2) is 7.19. The second-order valence-electron chi connectivity index (χ2n) is 8.43. The molecule has 0 saturated carbocycles. The lowest BCUT2D eigenvalue weighted by molar-refractivity contribution is 0.311. The molecule has 1 aromatic carbocycles. The van der Waals surface area contributed by atoms with Crippen molar-refractivity contribution in [1.82, 2.24) is 14.7 Å². The van der Waals surface area contributed by atoms with E-state index < -0.39 is 9.84 Å². The molecule has 0 unspecified atom stereocenters. The van der Waals surface area contributed by atoms with E-state index in [0.717, 1.165) is 35.4 Å². The first-order valence-corrected chi connectivity index (χ1v) is 11.8. The fraction of sp³-hybridized carbons (Fsp3) is 0.571. The van der Waals surface area contributed by atoms with Crippen molar-refractivity contribution < 1.29 is 13.5 Å². The summed E-state index contributed by atoms with van der Waals surface area (Å²) >= 11 is 0. The molecule has 7 heteroatoms. The molecule has 4 rings (SSSR count). The zero-order chi connectivity index (χ0) is 20.1. The summed E-state index contributed by atoms with van der Waals surface area (Å²) in [5.74, 6) is 0.823. The lowest BCUT2D eigenvalue weighted by Crippen LogP contribution is -2.19. The number of aromatic hydroxyl groups is 1. The van der Waals surface area contributed by atoms with Gasteiger partial charge in [0.2, 0.25) is 0 Å². The van der Waals surface area contributed by atoms with E-state index >= 15 is 0 Å². The van der Waals surface area contributed by atoms with E-state index in [4.69, 9.17) is 0 Å². The van der Waals surface area contributed by atoms with Crippen LogP contribution in [0.4, 0.5) is 0 Å². The molecule has 0 bridgehead atoms. The number of benzene rings is 1. The third-order valence-corrected chi connectivity index (χ3v) is 7.94. The van der Waals surface area contributed by atoms with E-state index in [1.54, 1.807) is 0 Å². The maximum absolute atomic E-state index is 11.8. The first-order chi connectivity index (χ1) is 13.2. The molecular weight excluding hydrogens is 374 g/mol. The molecule has 0 amide bonds. The topological polar surface area (TPSA) is 75.4 Å². The lowest BCUT2D eigenvalue weighted by atomic mass is 10.0. The van der Waals surface area contributed by atoms with Crippen LogP contribution in [0.5, 0.6) is 5.75 Å². The van der Waals surface area contributed by atoms with Gasteiger partial charge in [0.25, 0.3) is 0 Å². The Morgan fingerprint density at radius 2 is 1.93 bits per heavy atom. The highest BCUT2D eigenvalue weighted by atomic mass is 32.2. The van der Waals surface area contributed by atoms with Gasteiger partial charge in [-0.1, -0.05) is 6.07 Å². The Morgan fingerprint density at radius 3 is 2.61 bits per heavy atom. The minimum Gasteiger partial charge on any atom is -0.508 e. The molecule has 1 saturated heterocycles. The largest absolute Gasteiger partial charge is 0.508 e. The molecule has 28 heavy (non-hydrogen) atoms. The molecule has 152 valence electrons. The highest BCUT2D eigenvalue weighted by Gasteiger charge is 2.31. The van der Waals surface area contributed by atoms with Crippen LogP contribution >= 0.6 is 0 Å². The molecule has 1 N–H and O–H groups in total. The zero-order valence-corrected chi connectivity index (χ0v) is 17.7. The van der Waals surface area contributed by atoms with Crippen LogP contribution < -0.4 is 0 Å². The van der Waals surface area contributed by atoms with E-state index in [1.165, 1.54) is 17.5 Å². The number of phenolic OH excluding ortho intramolecular Hbond substituents is 1. The van der Waals surface area contributed by atoms with Crippen LogP contribution in [0.1, 0.15) is 52.5 Å². The van der Waals surface area contributed by atoms with E-state index in [0.29, 0.717) is 25.3 Å². The molecule has 2 aromatic rings. The molecule has 0 radical (unpaired) electrons. The summed E-state index contributed by atoms with van der Waals surface area (Å²) in [5, 5.41) is 15.1. The molecular formula is C21H29N3O3S. The number of hydrogen-bond donors (Lipinski definition) is 1. The Labute approximate surface area is 167 Å². The predicted molar refractivity (Wildman–Crippen MR) is 109 cm³/mol. The summed E-state index contributed by atoms with van der Waals surface area (Å²) in [5.41, 5.74) is 6.75. The first kappa shape index (κ1) is 19.5. The third-order valence-electron chi connectivity index (χ3n) is 6.19. The number of hydrogen-bond acceptors (Lipinski definition) is 5. The molecule has 6 nitrogen and oxygen atoms in total. The van der Waals surface area contributed by atoms with Gasteiger partial charge in [0, 0.05) is 29.9 Å². The van der Waals surface area contributed by atoms with Crippen LogP contribution in [0.15, 0.2) is 12.1 Å². The van der Waals surface area contributed by atoms with E-state index in [9.17, 15) is 13.5 Å². The van der Waals surface area contributed by atoms with Crippen LogP contribution in [0.25, 0.3) is 0 Å². The Bertz CT molecular complexity index is 1010. The van der Waals surface area contributed by atoms with Crippen molar-refractivity contribution in [2.45, 2.75) is 58.7 Å². The van der Waals surface area contributed by atoms with Gasteiger partial charge in [-0.2, -0.15) is 5.10 Å². The van der Waals surface area contributed by atoms with Gasteiger partial charge in [-0.25, -0.2) is 8.42 Å². The minimum atomic E-state index is -2.94. The van der Waals surface area contributed by atoms with E-state index in [-0.39, 0.29) is 17.5 Å². The van der Waals surface area contributed by atoms with E-state index in [1.807, 2.05) is 31.6 Å². The fourth-order valence-corrected chi connectivity index (χ4v) is 6.35. The van der Waals surface area contributed by atoms with Gasteiger partial charge in [0.05, 0.1) is 23.2 Å². The highest BCUT2D eigenvalue weighted by molar-refractivity contribution is 7.91. The summed E-state index contributed by atoms with van der Waals surface area (Å²) < 4.78 is 25.6. The molecule has 1 aromatic heterocycles. The quantitative estimate of drug-likeness (QED) is 0.831. The predicted octanol–water partition coefficient (Wildman–Crippen LogP) is 2.69. The molecule has 0 spiro atoms. The Kier molecular flexibility index (Phi) is 5.00. The SMILES string of the molecule is Cc1nn([C@@H]2CCS(=O)(=O)C2)c(C)c1CN(C)Cc1cc2c(cc1O)CCC2. The maximum Gasteiger partial charge on any atom is 0.152 e. The van der Waals surface area contributed by atoms with Crippen LogP contribution in [0.3, 0.4) is 0 Å². The smallest absolute Gasteiger partial charge is 0.152 e. The average Bonchev–Trinajstić information content (AvgIpc) is 3.28. The Hall–Kier alpha value is -1.86. The summed E-state index contributed by atoms with van der Waals surface area (Å²) in [7, 11) is -0.892. The molecule has 1 aliphatic heterocycles. The minimum absolute atomic E-state index is 0.0523. The second-order valence-corrected chi connectivity index (χ2v) is 10.7. The average molecular weight is 404 g/mol. The number of rotatable bonds is 5. The van der Waals surface area contributed by atoms with Crippen LogP contribution in [0.2, 0.25) is 0 Å². The van der Waals surface area contributed by atoms with Gasteiger partial charge in [-0.15, -0.1) is 0 Å². The first-order valence-electron chi connectivity index (χ1n) is 10.0. The molecule has 1 fully saturated rings.